The number of ether oxygens (including phenoxy) is 1. The molecule has 1 amide bonds. The topological polar surface area (TPSA) is 87.1 Å². The fourth-order valence-corrected chi connectivity index (χ4v) is 3.28. The highest BCUT2D eigenvalue weighted by molar-refractivity contribution is 6.46. The van der Waals surface area contributed by atoms with Crippen molar-refractivity contribution in [1.82, 2.24) is 4.90 Å². The Morgan fingerprint density at radius 3 is 2.43 bits per heavy atom. The zero-order valence-corrected chi connectivity index (χ0v) is 15.3. The second kappa shape index (κ2) is 8.22. The first-order valence-corrected chi connectivity index (χ1v) is 8.77. The van der Waals surface area contributed by atoms with Gasteiger partial charge >= 0.3 is 0 Å². The number of Topliss-reactive ketones (excluding diaryl/α,β-unsaturated/α-hetero) is 1. The highest BCUT2D eigenvalue weighted by Crippen LogP contribution is 2.40. The summed E-state index contributed by atoms with van der Waals surface area (Å²) in [5.74, 6) is -2.15. The van der Waals surface area contributed by atoms with E-state index in [0.717, 1.165) is 0 Å². The Kier molecular flexibility index (Phi) is 5.75. The van der Waals surface area contributed by atoms with Crippen molar-refractivity contribution in [3.8, 4) is 5.75 Å². The molecule has 7 heteroatoms. The molecule has 1 atom stereocenters. The van der Waals surface area contributed by atoms with E-state index in [0.29, 0.717) is 11.3 Å². The summed E-state index contributed by atoms with van der Waals surface area (Å²) in [4.78, 5) is 26.4. The maximum atomic E-state index is 14.5. The Morgan fingerprint density at radius 2 is 1.82 bits per heavy atom. The first-order valence-electron chi connectivity index (χ1n) is 8.77. The van der Waals surface area contributed by atoms with E-state index in [2.05, 4.69) is 0 Å². The Morgan fingerprint density at radius 1 is 1.14 bits per heavy atom. The molecule has 1 saturated heterocycles. The predicted octanol–water partition coefficient (Wildman–Crippen LogP) is 2.64. The van der Waals surface area contributed by atoms with Crippen molar-refractivity contribution >= 4 is 17.4 Å². The standard InChI is InChI=1S/C21H20FNO5/c1-28-14-9-7-13(8-10-14)19(25)17-18(15-5-2-3-6-16(15)22)23(11-4-12-24)21(27)20(17)26/h2-3,5-10,18,24-25H,4,11-12H2,1H3/t18-/m1/s1. The number of amides is 1. The van der Waals surface area contributed by atoms with Crippen molar-refractivity contribution < 1.29 is 28.9 Å². The van der Waals surface area contributed by atoms with Gasteiger partial charge in [-0.2, -0.15) is 0 Å². The number of benzene rings is 2. The predicted molar refractivity (Wildman–Crippen MR) is 100 cm³/mol. The number of carbonyl (C=O) groups is 2. The summed E-state index contributed by atoms with van der Waals surface area (Å²) < 4.78 is 19.6. The lowest BCUT2D eigenvalue weighted by atomic mass is 9.95. The molecule has 0 saturated carbocycles. The van der Waals surface area contributed by atoms with Crippen molar-refractivity contribution in [3.05, 3.63) is 71.0 Å². The van der Waals surface area contributed by atoms with E-state index in [1.54, 1.807) is 30.3 Å². The van der Waals surface area contributed by atoms with E-state index >= 15 is 0 Å². The van der Waals surface area contributed by atoms with Crippen LogP contribution in [-0.4, -0.2) is 47.1 Å². The highest BCUT2D eigenvalue weighted by atomic mass is 19.1. The van der Waals surface area contributed by atoms with Gasteiger partial charge in [0.2, 0.25) is 0 Å². The van der Waals surface area contributed by atoms with Gasteiger partial charge in [-0.1, -0.05) is 18.2 Å². The lowest BCUT2D eigenvalue weighted by molar-refractivity contribution is -0.140. The summed E-state index contributed by atoms with van der Waals surface area (Å²) in [7, 11) is 1.50. The van der Waals surface area contributed by atoms with Gasteiger partial charge in [0, 0.05) is 24.3 Å². The third kappa shape index (κ3) is 3.48. The van der Waals surface area contributed by atoms with Crippen LogP contribution in [0.2, 0.25) is 0 Å². The summed E-state index contributed by atoms with van der Waals surface area (Å²) in [6.07, 6.45) is 0.223. The molecule has 146 valence electrons. The van der Waals surface area contributed by atoms with Gasteiger partial charge in [-0.3, -0.25) is 9.59 Å². The summed E-state index contributed by atoms with van der Waals surface area (Å²) in [5, 5.41) is 19.9. The number of likely N-dealkylation sites (tertiary alicyclic amines) is 1. The van der Waals surface area contributed by atoms with Gasteiger partial charge in [-0.25, -0.2) is 4.39 Å². The van der Waals surface area contributed by atoms with Crippen molar-refractivity contribution in [3.63, 3.8) is 0 Å². The van der Waals surface area contributed by atoms with Crippen LogP contribution in [0.25, 0.3) is 5.76 Å². The molecule has 28 heavy (non-hydrogen) atoms. The minimum atomic E-state index is -1.07. The Labute approximate surface area is 161 Å². The van der Waals surface area contributed by atoms with Crippen LogP contribution in [0.1, 0.15) is 23.6 Å². The fraction of sp³-hybridized carbons (Fsp3) is 0.238. The first-order chi connectivity index (χ1) is 13.5. The van der Waals surface area contributed by atoms with Crippen LogP contribution in [0.4, 0.5) is 4.39 Å². The Hall–Kier alpha value is -3.19. The maximum Gasteiger partial charge on any atom is 0.295 e. The Balaban J connectivity index is 2.16. The first kappa shape index (κ1) is 19.6. The van der Waals surface area contributed by atoms with Crippen LogP contribution in [0.5, 0.6) is 5.75 Å². The number of halogens is 1. The zero-order valence-electron chi connectivity index (χ0n) is 15.3. The molecule has 2 aromatic carbocycles. The molecule has 0 spiro atoms. The van der Waals surface area contributed by atoms with Crippen molar-refractivity contribution in [2.75, 3.05) is 20.3 Å². The number of aliphatic hydroxyl groups excluding tert-OH is 2. The van der Waals surface area contributed by atoms with Crippen LogP contribution in [0, 0.1) is 5.82 Å². The van der Waals surface area contributed by atoms with Crippen molar-refractivity contribution in [1.29, 1.82) is 0 Å². The summed E-state index contributed by atoms with van der Waals surface area (Å²) in [6.45, 7) is -0.134. The number of aliphatic hydroxyl groups is 2. The minimum absolute atomic E-state index is 0.0550. The number of methoxy groups -OCH3 is 1. The highest BCUT2D eigenvalue weighted by Gasteiger charge is 2.46. The number of carbonyl (C=O) groups excluding carboxylic acids is 2. The van der Waals surface area contributed by atoms with Crippen LogP contribution in [0.3, 0.4) is 0 Å². The normalized spacial score (nSPS) is 18.5. The quantitative estimate of drug-likeness (QED) is 0.454. The molecule has 2 aromatic rings. The van der Waals surface area contributed by atoms with Gasteiger partial charge in [0.05, 0.1) is 18.7 Å². The SMILES string of the molecule is COc1ccc(C(O)=C2C(=O)C(=O)N(CCCO)[C@@H]2c2ccccc2F)cc1. The van der Waals surface area contributed by atoms with E-state index < -0.39 is 23.5 Å². The van der Waals surface area contributed by atoms with Crippen LogP contribution < -0.4 is 4.74 Å². The van der Waals surface area contributed by atoms with Gasteiger partial charge in [0.1, 0.15) is 17.3 Å². The van der Waals surface area contributed by atoms with Crippen molar-refractivity contribution in [2.24, 2.45) is 0 Å². The smallest absolute Gasteiger partial charge is 0.295 e. The summed E-state index contributed by atoms with van der Waals surface area (Å²) in [5.41, 5.74) is 0.232. The molecule has 1 fully saturated rings. The molecule has 2 N–H and O–H groups in total. The molecule has 0 unspecified atom stereocenters. The van der Waals surface area contributed by atoms with Gasteiger partial charge in [-0.05, 0) is 36.8 Å². The van der Waals surface area contributed by atoms with Gasteiger partial charge in [0.25, 0.3) is 11.7 Å². The number of hydrogen-bond donors (Lipinski definition) is 2. The molecule has 1 aliphatic rings. The van der Waals surface area contributed by atoms with E-state index in [9.17, 15) is 19.1 Å². The number of rotatable bonds is 6. The van der Waals surface area contributed by atoms with E-state index in [1.165, 1.54) is 30.2 Å². The second-order valence-electron chi connectivity index (χ2n) is 6.32. The number of ketones is 1. The molecule has 1 aliphatic heterocycles. The lowest BCUT2D eigenvalue weighted by Gasteiger charge is -2.25. The largest absolute Gasteiger partial charge is 0.507 e. The van der Waals surface area contributed by atoms with E-state index in [-0.39, 0.29) is 36.5 Å². The van der Waals surface area contributed by atoms with E-state index in [1.807, 2.05) is 0 Å². The third-order valence-electron chi connectivity index (χ3n) is 4.66. The number of hydrogen-bond acceptors (Lipinski definition) is 5. The Bertz CT molecular complexity index is 923. The molecule has 0 radical (unpaired) electrons. The van der Waals surface area contributed by atoms with Gasteiger partial charge in [-0.15, -0.1) is 0 Å². The molecular weight excluding hydrogens is 365 g/mol. The minimum Gasteiger partial charge on any atom is -0.507 e. The van der Waals surface area contributed by atoms with Gasteiger partial charge < -0.3 is 19.8 Å². The summed E-state index contributed by atoms with van der Waals surface area (Å²) >= 11 is 0. The average Bonchev–Trinajstić information content (AvgIpc) is 2.96. The third-order valence-corrected chi connectivity index (χ3v) is 4.66. The summed E-state index contributed by atoms with van der Waals surface area (Å²) in [6, 6.07) is 11.0. The monoisotopic (exact) mass is 385 g/mol. The maximum absolute atomic E-state index is 14.5. The second-order valence-corrected chi connectivity index (χ2v) is 6.32. The molecule has 0 bridgehead atoms. The van der Waals surface area contributed by atoms with Crippen LogP contribution in [0.15, 0.2) is 54.1 Å². The fourth-order valence-electron chi connectivity index (χ4n) is 3.28. The molecule has 1 heterocycles. The molecular formula is C21H20FNO5. The zero-order chi connectivity index (χ0) is 20.3. The molecule has 0 aliphatic carbocycles. The van der Waals surface area contributed by atoms with Crippen LogP contribution >= 0.6 is 0 Å². The average molecular weight is 385 g/mol. The number of nitrogens with zero attached hydrogens (tertiary/aromatic N) is 1. The molecule has 6 nitrogen and oxygen atoms in total. The molecule has 0 aromatic heterocycles. The van der Waals surface area contributed by atoms with Gasteiger partial charge in [0.15, 0.2) is 0 Å². The molecule has 3 rings (SSSR count). The van der Waals surface area contributed by atoms with E-state index in [4.69, 9.17) is 9.84 Å². The van der Waals surface area contributed by atoms with Crippen molar-refractivity contribution in [2.45, 2.75) is 12.5 Å². The van der Waals surface area contributed by atoms with Crippen LogP contribution in [-0.2, 0) is 9.59 Å². The lowest BCUT2D eigenvalue weighted by Crippen LogP contribution is -2.31.